The Balaban J connectivity index is 1.53. The number of carbonyl (C=O) groups is 1. The molecule has 2 aromatic carbocycles. The van der Waals surface area contributed by atoms with Crippen molar-refractivity contribution in [3.05, 3.63) is 77.9 Å². The molecule has 8 heteroatoms. The van der Waals surface area contributed by atoms with Gasteiger partial charge in [0.15, 0.2) is 0 Å². The molecule has 1 amide bonds. The summed E-state index contributed by atoms with van der Waals surface area (Å²) < 4.78 is 5.97. The van der Waals surface area contributed by atoms with Crippen molar-refractivity contribution in [2.24, 2.45) is 0 Å². The second-order valence-corrected chi connectivity index (χ2v) is 8.22. The molecular formula is C26H23N5O2S. The van der Waals surface area contributed by atoms with Gasteiger partial charge in [-0.25, -0.2) is 9.97 Å². The number of ether oxygens (including phenoxy) is 1. The minimum atomic E-state index is -0.102. The second-order valence-electron chi connectivity index (χ2n) is 7.44. The molecule has 0 bridgehead atoms. The third kappa shape index (κ3) is 5.82. The molecule has 4 rings (SSSR count). The number of anilines is 2. The lowest BCUT2D eigenvalue weighted by Gasteiger charge is -2.12. The Morgan fingerprint density at radius 2 is 1.94 bits per heavy atom. The van der Waals surface area contributed by atoms with Crippen LogP contribution in [0.15, 0.2) is 61.1 Å². The van der Waals surface area contributed by atoms with Gasteiger partial charge in [0.05, 0.1) is 18.3 Å². The molecule has 2 N–H and O–H groups in total. The lowest BCUT2D eigenvalue weighted by Crippen LogP contribution is -2.17. The van der Waals surface area contributed by atoms with Crippen molar-refractivity contribution < 1.29 is 9.53 Å². The number of carbonyl (C=O) groups excluding carboxylic acids is 1. The van der Waals surface area contributed by atoms with Crippen LogP contribution < -0.4 is 15.4 Å². The SMILES string of the molecule is CSC(=O)NCC#Cc1ccc2ncnc(Nc3ccc(Oc4ccc(C)nc4)c(C)c3)c2c1. The molecule has 34 heavy (non-hydrogen) atoms. The molecule has 0 saturated heterocycles. The molecule has 0 atom stereocenters. The molecule has 0 radical (unpaired) electrons. The predicted octanol–water partition coefficient (Wildman–Crippen LogP) is 5.60. The monoisotopic (exact) mass is 469 g/mol. The Hall–Kier alpha value is -4.09. The summed E-state index contributed by atoms with van der Waals surface area (Å²) >= 11 is 1.12. The number of aromatic nitrogens is 3. The molecule has 170 valence electrons. The summed E-state index contributed by atoms with van der Waals surface area (Å²) in [5.74, 6) is 8.17. The van der Waals surface area contributed by atoms with Gasteiger partial charge in [-0.15, -0.1) is 0 Å². The van der Waals surface area contributed by atoms with Crippen molar-refractivity contribution in [2.45, 2.75) is 13.8 Å². The van der Waals surface area contributed by atoms with Crippen molar-refractivity contribution in [3.63, 3.8) is 0 Å². The largest absolute Gasteiger partial charge is 0.455 e. The van der Waals surface area contributed by atoms with Crippen LogP contribution >= 0.6 is 11.8 Å². The molecule has 2 aromatic heterocycles. The maximum atomic E-state index is 11.3. The van der Waals surface area contributed by atoms with Crippen molar-refractivity contribution in [2.75, 3.05) is 18.1 Å². The molecule has 0 aliphatic rings. The van der Waals surface area contributed by atoms with Gasteiger partial charge in [-0.05, 0) is 74.2 Å². The third-order valence-corrected chi connectivity index (χ3v) is 5.44. The number of nitrogens with zero attached hydrogens (tertiary/aromatic N) is 3. The van der Waals surface area contributed by atoms with E-state index in [0.29, 0.717) is 18.1 Å². The number of benzene rings is 2. The van der Waals surface area contributed by atoms with Gasteiger partial charge in [-0.2, -0.15) is 0 Å². The fourth-order valence-corrected chi connectivity index (χ4v) is 3.41. The summed E-state index contributed by atoms with van der Waals surface area (Å²) in [7, 11) is 0. The lowest BCUT2D eigenvalue weighted by atomic mass is 10.1. The highest BCUT2D eigenvalue weighted by Gasteiger charge is 2.08. The van der Waals surface area contributed by atoms with Crippen molar-refractivity contribution in [1.82, 2.24) is 20.3 Å². The lowest BCUT2D eigenvalue weighted by molar-refractivity contribution is 0.262. The van der Waals surface area contributed by atoms with E-state index in [1.165, 1.54) is 6.33 Å². The summed E-state index contributed by atoms with van der Waals surface area (Å²) in [4.78, 5) is 24.4. The van der Waals surface area contributed by atoms with Gasteiger partial charge in [0.2, 0.25) is 0 Å². The molecule has 0 spiro atoms. The van der Waals surface area contributed by atoms with E-state index in [1.807, 2.05) is 62.4 Å². The zero-order valence-corrected chi connectivity index (χ0v) is 19.9. The predicted molar refractivity (Wildman–Crippen MR) is 137 cm³/mol. The van der Waals surface area contributed by atoms with Gasteiger partial charge in [0.1, 0.15) is 23.6 Å². The summed E-state index contributed by atoms with van der Waals surface area (Å²) in [5, 5.41) is 6.84. The maximum absolute atomic E-state index is 11.3. The van der Waals surface area contributed by atoms with Crippen LogP contribution in [0.25, 0.3) is 10.9 Å². The molecule has 0 aliphatic carbocycles. The van der Waals surface area contributed by atoms with E-state index in [0.717, 1.165) is 50.9 Å². The first-order chi connectivity index (χ1) is 16.5. The summed E-state index contributed by atoms with van der Waals surface area (Å²) in [5.41, 5.74) is 4.42. The second kappa shape index (κ2) is 10.7. The number of fused-ring (bicyclic) bond motifs is 1. The molecule has 0 aliphatic heterocycles. The van der Waals surface area contributed by atoms with E-state index >= 15 is 0 Å². The van der Waals surface area contributed by atoms with E-state index in [1.54, 1.807) is 12.5 Å². The fourth-order valence-electron chi connectivity index (χ4n) is 3.19. The molecule has 7 nitrogen and oxygen atoms in total. The van der Waals surface area contributed by atoms with Crippen LogP contribution in [-0.4, -0.2) is 33.0 Å². The summed E-state index contributed by atoms with van der Waals surface area (Å²) in [6.07, 6.45) is 4.97. The zero-order chi connectivity index (χ0) is 23.9. The average Bonchev–Trinajstić information content (AvgIpc) is 2.85. The first kappa shape index (κ1) is 23.1. The van der Waals surface area contributed by atoms with Gasteiger partial charge in [-0.1, -0.05) is 23.6 Å². The molecular weight excluding hydrogens is 446 g/mol. The summed E-state index contributed by atoms with van der Waals surface area (Å²) in [6.45, 7) is 4.22. The van der Waals surface area contributed by atoms with Gasteiger partial charge in [0.25, 0.3) is 5.24 Å². The number of pyridine rings is 1. The number of nitrogens with one attached hydrogen (secondary N) is 2. The van der Waals surface area contributed by atoms with Crippen molar-refractivity contribution in [3.8, 4) is 23.3 Å². The van der Waals surface area contributed by atoms with E-state index in [4.69, 9.17) is 4.74 Å². The fraction of sp³-hybridized carbons (Fsp3) is 0.154. The molecule has 0 fully saturated rings. The van der Waals surface area contributed by atoms with Gasteiger partial charge < -0.3 is 15.4 Å². The Kier molecular flexibility index (Phi) is 7.25. The van der Waals surface area contributed by atoms with Crippen LogP contribution in [0.1, 0.15) is 16.8 Å². The Morgan fingerprint density at radius 1 is 1.06 bits per heavy atom. The molecule has 2 heterocycles. The van der Waals surface area contributed by atoms with Crippen LogP contribution in [0.4, 0.5) is 16.3 Å². The van der Waals surface area contributed by atoms with E-state index in [2.05, 4.69) is 37.4 Å². The number of rotatable bonds is 5. The number of hydrogen-bond donors (Lipinski definition) is 2. The molecule has 0 unspecified atom stereocenters. The van der Waals surface area contributed by atoms with Crippen LogP contribution in [0.3, 0.4) is 0 Å². The minimum Gasteiger partial charge on any atom is -0.455 e. The van der Waals surface area contributed by atoms with Crippen molar-refractivity contribution >= 4 is 39.4 Å². The Morgan fingerprint density at radius 3 is 2.71 bits per heavy atom. The van der Waals surface area contributed by atoms with Crippen LogP contribution in [0.5, 0.6) is 11.5 Å². The normalized spacial score (nSPS) is 10.3. The number of aryl methyl sites for hydroxylation is 2. The molecule has 0 saturated carbocycles. The number of amides is 1. The van der Waals surface area contributed by atoms with E-state index in [-0.39, 0.29) is 5.24 Å². The van der Waals surface area contributed by atoms with Crippen LogP contribution in [0, 0.1) is 25.7 Å². The van der Waals surface area contributed by atoms with Gasteiger partial charge >= 0.3 is 0 Å². The van der Waals surface area contributed by atoms with Gasteiger partial charge in [0, 0.05) is 22.3 Å². The first-order valence-electron chi connectivity index (χ1n) is 10.6. The Bertz CT molecular complexity index is 1390. The average molecular weight is 470 g/mol. The van der Waals surface area contributed by atoms with Crippen LogP contribution in [0.2, 0.25) is 0 Å². The number of thioether (sulfide) groups is 1. The van der Waals surface area contributed by atoms with E-state index in [9.17, 15) is 4.79 Å². The smallest absolute Gasteiger partial charge is 0.279 e. The zero-order valence-electron chi connectivity index (χ0n) is 19.0. The topological polar surface area (TPSA) is 89.0 Å². The Labute approximate surface area is 202 Å². The number of hydrogen-bond acceptors (Lipinski definition) is 7. The highest BCUT2D eigenvalue weighted by molar-refractivity contribution is 8.12. The standard InChI is InChI=1S/C26H23N5O2S/c1-17-13-20(8-11-24(17)33-21-9-6-18(2)28-15-21)31-25-22-14-19(5-4-12-27-26(32)34-3)7-10-23(22)29-16-30-25/h6-11,13-16H,12H2,1-3H3,(H,27,32)(H,29,30,31). The summed E-state index contributed by atoms with van der Waals surface area (Å²) in [6, 6.07) is 15.4. The third-order valence-electron chi connectivity index (χ3n) is 4.92. The minimum absolute atomic E-state index is 0.102. The quantitative estimate of drug-likeness (QED) is 0.368. The molecule has 4 aromatic rings. The van der Waals surface area contributed by atoms with Crippen LogP contribution in [-0.2, 0) is 0 Å². The first-order valence-corrected chi connectivity index (χ1v) is 11.8. The van der Waals surface area contributed by atoms with Crippen molar-refractivity contribution in [1.29, 1.82) is 0 Å². The maximum Gasteiger partial charge on any atom is 0.279 e. The highest BCUT2D eigenvalue weighted by Crippen LogP contribution is 2.29. The highest BCUT2D eigenvalue weighted by atomic mass is 32.2. The van der Waals surface area contributed by atoms with Gasteiger partial charge in [-0.3, -0.25) is 9.78 Å². The van der Waals surface area contributed by atoms with E-state index < -0.39 is 0 Å².